The van der Waals surface area contributed by atoms with Crippen molar-refractivity contribution in [3.05, 3.63) is 34.7 Å². The van der Waals surface area contributed by atoms with Crippen molar-refractivity contribution in [1.82, 2.24) is 0 Å². The molecular weight excluding hydrogens is 326 g/mol. The van der Waals surface area contributed by atoms with Crippen molar-refractivity contribution < 1.29 is 9.90 Å². The van der Waals surface area contributed by atoms with Crippen LogP contribution in [0.4, 0.5) is 5.69 Å². The third-order valence-electron chi connectivity index (χ3n) is 7.24. The van der Waals surface area contributed by atoms with Crippen LogP contribution >= 0.6 is 0 Å². The Balaban J connectivity index is 1.87. The summed E-state index contributed by atoms with van der Waals surface area (Å²) >= 11 is 0. The van der Waals surface area contributed by atoms with Crippen LogP contribution in [-0.2, 0) is 11.2 Å². The molecule has 0 unspecified atom stereocenters. The molecule has 0 aliphatic heterocycles. The summed E-state index contributed by atoms with van der Waals surface area (Å²) in [7, 11) is 0. The Hall–Kier alpha value is -1.55. The molecule has 2 fully saturated rings. The molecule has 2 aliphatic carbocycles. The van der Waals surface area contributed by atoms with Gasteiger partial charge in [-0.2, -0.15) is 0 Å². The number of hydrogen-bond donors (Lipinski definition) is 1. The van der Waals surface area contributed by atoms with E-state index in [1.54, 1.807) is 12.1 Å². The van der Waals surface area contributed by atoms with Crippen LogP contribution in [-0.4, -0.2) is 17.5 Å². The van der Waals surface area contributed by atoms with Gasteiger partial charge in [0, 0.05) is 18.4 Å². The first kappa shape index (κ1) is 19.2. The van der Waals surface area contributed by atoms with Gasteiger partial charge in [-0.05, 0) is 78.1 Å². The van der Waals surface area contributed by atoms with Crippen LogP contribution in [0.2, 0.25) is 0 Å². The summed E-state index contributed by atoms with van der Waals surface area (Å²) in [5.74, 6) is 1.90. The molecule has 0 aromatic heterocycles. The van der Waals surface area contributed by atoms with E-state index in [0.717, 1.165) is 37.7 Å². The molecule has 4 heteroatoms. The van der Waals surface area contributed by atoms with E-state index in [-0.39, 0.29) is 23.9 Å². The minimum absolute atomic E-state index is 0.00403. The van der Waals surface area contributed by atoms with Crippen LogP contribution in [0.1, 0.15) is 52.0 Å². The van der Waals surface area contributed by atoms with Crippen LogP contribution in [0, 0.1) is 39.9 Å². The third-order valence-corrected chi connectivity index (χ3v) is 7.24. The lowest BCUT2D eigenvalue weighted by atomic mass is 9.52. The molecule has 0 spiro atoms. The van der Waals surface area contributed by atoms with Crippen molar-refractivity contribution in [3.8, 4) is 0 Å². The standard InChI is InChI=1S/C22H31NO3/c1-4-17-14(2)20-12-22(3,13-24)10-9-18(20)19(21(17)25)11-15-5-7-16(23-26)8-6-15/h5-8,14,17-20,24H,4,9-13H2,1-3H3/t14-,17-,18-,19-,20-,22+/m0/s1. The van der Waals surface area contributed by atoms with Crippen molar-refractivity contribution in [2.24, 2.45) is 40.2 Å². The molecule has 1 N–H and O–H groups in total. The van der Waals surface area contributed by atoms with Gasteiger partial charge in [-0.3, -0.25) is 4.79 Å². The molecule has 1 aromatic carbocycles. The predicted molar refractivity (Wildman–Crippen MR) is 103 cm³/mol. The number of fused-ring (bicyclic) bond motifs is 1. The SMILES string of the molecule is CC[C@@H]1C(=O)[C@@H](Cc2ccc(N=O)cc2)[C@@H]2CC[C@@](C)(CO)C[C@H]2[C@H]1C. The Morgan fingerprint density at radius 2 is 1.88 bits per heavy atom. The summed E-state index contributed by atoms with van der Waals surface area (Å²) in [6, 6.07) is 7.32. The topological polar surface area (TPSA) is 66.7 Å². The molecule has 3 rings (SSSR count). The third kappa shape index (κ3) is 3.48. The fraction of sp³-hybridized carbons (Fsp3) is 0.682. The fourth-order valence-corrected chi connectivity index (χ4v) is 5.59. The first-order valence-corrected chi connectivity index (χ1v) is 9.99. The van der Waals surface area contributed by atoms with E-state index < -0.39 is 0 Å². The van der Waals surface area contributed by atoms with Gasteiger partial charge in [-0.25, -0.2) is 0 Å². The Morgan fingerprint density at radius 3 is 2.46 bits per heavy atom. The number of aliphatic hydroxyl groups excluding tert-OH is 1. The van der Waals surface area contributed by atoms with Gasteiger partial charge < -0.3 is 5.11 Å². The van der Waals surface area contributed by atoms with Gasteiger partial charge in [0.25, 0.3) is 0 Å². The van der Waals surface area contributed by atoms with Crippen molar-refractivity contribution in [3.63, 3.8) is 0 Å². The van der Waals surface area contributed by atoms with Crippen LogP contribution in [0.5, 0.6) is 0 Å². The van der Waals surface area contributed by atoms with Gasteiger partial charge in [0.15, 0.2) is 0 Å². The van der Waals surface area contributed by atoms with Gasteiger partial charge in [-0.15, -0.1) is 4.91 Å². The van der Waals surface area contributed by atoms with Gasteiger partial charge in [0.05, 0.1) is 0 Å². The molecule has 2 aliphatic rings. The summed E-state index contributed by atoms with van der Waals surface area (Å²) < 4.78 is 0. The second kappa shape index (κ2) is 7.59. The minimum Gasteiger partial charge on any atom is -0.396 e. The highest BCUT2D eigenvalue weighted by Gasteiger charge is 2.51. The highest BCUT2D eigenvalue weighted by atomic mass is 16.3. The number of hydrogen-bond acceptors (Lipinski definition) is 4. The van der Waals surface area contributed by atoms with Crippen LogP contribution in [0.15, 0.2) is 29.4 Å². The second-order valence-corrected chi connectivity index (χ2v) is 8.88. The molecule has 0 bridgehead atoms. The van der Waals surface area contributed by atoms with Gasteiger partial charge in [-0.1, -0.05) is 32.9 Å². The summed E-state index contributed by atoms with van der Waals surface area (Å²) in [5, 5.41) is 12.8. The molecule has 0 heterocycles. The molecule has 0 amide bonds. The maximum atomic E-state index is 13.3. The number of benzene rings is 1. The van der Waals surface area contributed by atoms with Gasteiger partial charge >= 0.3 is 0 Å². The lowest BCUT2D eigenvalue weighted by Gasteiger charge is -2.52. The van der Waals surface area contributed by atoms with Crippen molar-refractivity contribution in [2.45, 2.75) is 52.9 Å². The Kier molecular flexibility index (Phi) is 5.61. The van der Waals surface area contributed by atoms with E-state index in [4.69, 9.17) is 0 Å². The molecule has 4 nitrogen and oxygen atoms in total. The highest BCUT2D eigenvalue weighted by Crippen LogP contribution is 2.53. The predicted octanol–water partition coefficient (Wildman–Crippen LogP) is 4.90. The average Bonchev–Trinajstić information content (AvgIpc) is 2.66. The highest BCUT2D eigenvalue weighted by molar-refractivity contribution is 5.85. The fourth-order valence-electron chi connectivity index (χ4n) is 5.59. The molecule has 0 saturated heterocycles. The molecule has 142 valence electrons. The van der Waals surface area contributed by atoms with E-state index in [0.29, 0.717) is 29.2 Å². The zero-order valence-electron chi connectivity index (χ0n) is 16.1. The van der Waals surface area contributed by atoms with Crippen LogP contribution in [0.25, 0.3) is 0 Å². The van der Waals surface area contributed by atoms with Crippen molar-refractivity contribution >= 4 is 11.5 Å². The van der Waals surface area contributed by atoms with Crippen LogP contribution < -0.4 is 0 Å². The quantitative estimate of drug-likeness (QED) is 0.762. The number of Topliss-reactive ketones (excluding diaryl/α,β-unsaturated/α-hetero) is 1. The normalized spacial score (nSPS) is 37.2. The minimum atomic E-state index is -0.00403. The van der Waals surface area contributed by atoms with Crippen molar-refractivity contribution in [1.29, 1.82) is 0 Å². The number of carbonyl (C=O) groups excluding carboxylic acids is 1. The van der Waals surface area contributed by atoms with Gasteiger partial charge in [0.2, 0.25) is 0 Å². The average molecular weight is 357 g/mol. The number of rotatable bonds is 5. The maximum Gasteiger partial charge on any atom is 0.139 e. The van der Waals surface area contributed by atoms with E-state index in [9.17, 15) is 14.8 Å². The maximum absolute atomic E-state index is 13.3. The summed E-state index contributed by atoms with van der Waals surface area (Å²) in [6.07, 6.45) is 4.67. The molecular formula is C22H31NO3. The molecule has 6 atom stereocenters. The number of nitrogens with zero attached hydrogens (tertiary/aromatic N) is 1. The largest absolute Gasteiger partial charge is 0.396 e. The summed E-state index contributed by atoms with van der Waals surface area (Å²) in [5.41, 5.74) is 1.53. The summed E-state index contributed by atoms with van der Waals surface area (Å²) in [6.45, 7) is 6.79. The van der Waals surface area contributed by atoms with E-state index in [1.807, 2.05) is 12.1 Å². The van der Waals surface area contributed by atoms with E-state index >= 15 is 0 Å². The lowest BCUT2D eigenvalue weighted by molar-refractivity contribution is -0.142. The first-order valence-electron chi connectivity index (χ1n) is 9.99. The zero-order valence-corrected chi connectivity index (χ0v) is 16.1. The molecule has 2 saturated carbocycles. The van der Waals surface area contributed by atoms with Crippen molar-refractivity contribution in [2.75, 3.05) is 6.61 Å². The Bertz CT molecular complexity index is 656. The second-order valence-electron chi connectivity index (χ2n) is 8.88. The zero-order chi connectivity index (χ0) is 18.9. The summed E-state index contributed by atoms with van der Waals surface area (Å²) in [4.78, 5) is 23.9. The number of nitroso groups, excluding NO2 is 1. The monoisotopic (exact) mass is 357 g/mol. The van der Waals surface area contributed by atoms with E-state index in [2.05, 4.69) is 25.9 Å². The molecule has 0 radical (unpaired) electrons. The smallest absolute Gasteiger partial charge is 0.139 e. The number of carbonyl (C=O) groups is 1. The lowest BCUT2D eigenvalue weighted by Crippen LogP contribution is -2.51. The Labute approximate surface area is 156 Å². The molecule has 1 aromatic rings. The van der Waals surface area contributed by atoms with E-state index in [1.165, 1.54) is 0 Å². The van der Waals surface area contributed by atoms with Gasteiger partial charge in [0.1, 0.15) is 11.5 Å². The molecule has 26 heavy (non-hydrogen) atoms. The number of aliphatic hydroxyl groups is 1. The van der Waals surface area contributed by atoms with Crippen LogP contribution in [0.3, 0.4) is 0 Å². The first-order chi connectivity index (χ1) is 12.4. The number of ketones is 1. The Morgan fingerprint density at radius 1 is 1.19 bits per heavy atom.